The summed E-state index contributed by atoms with van der Waals surface area (Å²) in [6.45, 7) is 8.33. The molecule has 0 radical (unpaired) electrons. The molecule has 0 bridgehead atoms. The van der Waals surface area contributed by atoms with E-state index in [1.165, 1.54) is 11.1 Å². The third-order valence-corrected chi connectivity index (χ3v) is 2.82. The van der Waals surface area contributed by atoms with Crippen molar-refractivity contribution in [3.8, 4) is 0 Å². The molecule has 0 atom stereocenters. The first-order valence-electron chi connectivity index (χ1n) is 5.93. The van der Waals surface area contributed by atoms with Gasteiger partial charge in [0, 0.05) is 23.8 Å². The quantitative estimate of drug-likeness (QED) is 0.744. The third kappa shape index (κ3) is 4.35. The Morgan fingerprint density at radius 2 is 1.71 bits per heavy atom. The number of nitrogens with zero attached hydrogens (tertiary/aromatic N) is 2. The first kappa shape index (κ1) is 13.4. The maximum atomic E-state index is 4.14. The molecule has 2 heteroatoms. The molecule has 0 fully saturated rings. The summed E-state index contributed by atoms with van der Waals surface area (Å²) < 4.78 is 0. The van der Waals surface area contributed by atoms with Gasteiger partial charge in [-0.25, -0.2) is 0 Å². The molecule has 0 spiro atoms. The van der Waals surface area contributed by atoms with E-state index in [2.05, 4.69) is 30.7 Å². The molecule has 0 saturated heterocycles. The fourth-order valence-corrected chi connectivity index (χ4v) is 1.38. The van der Waals surface area contributed by atoms with Crippen LogP contribution in [0.3, 0.4) is 0 Å². The minimum atomic E-state index is 1.03. The highest BCUT2D eigenvalue weighted by Gasteiger charge is 1.93. The van der Waals surface area contributed by atoms with E-state index in [1.807, 2.05) is 43.6 Å². The lowest BCUT2D eigenvalue weighted by Crippen LogP contribution is -1.87. The molecule has 0 aliphatic carbocycles. The van der Waals surface area contributed by atoms with Crippen LogP contribution in [-0.2, 0) is 6.42 Å². The first-order chi connectivity index (χ1) is 8.15. The number of hydrogen-bond donors (Lipinski definition) is 0. The van der Waals surface area contributed by atoms with Crippen LogP contribution < -0.4 is 0 Å². The number of aromatic nitrogens is 2. The number of hydrogen-bond acceptors (Lipinski definition) is 2. The van der Waals surface area contributed by atoms with Gasteiger partial charge in [0.05, 0.1) is 0 Å². The predicted octanol–water partition coefficient (Wildman–Crippen LogP) is 3.65. The molecule has 0 unspecified atom stereocenters. The first-order valence-corrected chi connectivity index (χ1v) is 5.93. The van der Waals surface area contributed by atoms with Crippen molar-refractivity contribution in [2.24, 2.45) is 0 Å². The predicted molar refractivity (Wildman–Crippen MR) is 72.1 cm³/mol. The molecule has 0 aromatic carbocycles. The Kier molecular flexibility index (Phi) is 5.34. The topological polar surface area (TPSA) is 25.8 Å². The molecule has 0 amide bonds. The maximum Gasteiger partial charge on any atom is 0.0404 e. The Labute approximate surface area is 104 Å². The molecule has 0 N–H and O–H groups in total. The standard InChI is InChI=1S/C8H11N.C7H9N/c1-6-4-5-9-8(3)7(6)2;1-2-7-5-3-4-6-8-7/h4-5H,1-3H3;3-6H,2H2,1H3. The van der Waals surface area contributed by atoms with Crippen LogP contribution in [0.15, 0.2) is 36.7 Å². The fourth-order valence-electron chi connectivity index (χ4n) is 1.38. The van der Waals surface area contributed by atoms with E-state index in [9.17, 15) is 0 Å². The molecule has 17 heavy (non-hydrogen) atoms. The summed E-state index contributed by atoms with van der Waals surface area (Å²) in [7, 11) is 0. The third-order valence-electron chi connectivity index (χ3n) is 2.82. The van der Waals surface area contributed by atoms with Gasteiger partial charge in [-0.1, -0.05) is 13.0 Å². The van der Waals surface area contributed by atoms with Crippen molar-refractivity contribution in [3.63, 3.8) is 0 Å². The van der Waals surface area contributed by atoms with Crippen molar-refractivity contribution in [3.05, 3.63) is 59.2 Å². The molecule has 2 rings (SSSR count). The second-order valence-electron chi connectivity index (χ2n) is 4.01. The normalized spacial score (nSPS) is 9.41. The van der Waals surface area contributed by atoms with Crippen LogP contribution in [0.2, 0.25) is 0 Å². The summed E-state index contributed by atoms with van der Waals surface area (Å²) in [4.78, 5) is 8.24. The van der Waals surface area contributed by atoms with Crippen LogP contribution in [0.25, 0.3) is 0 Å². The van der Waals surface area contributed by atoms with E-state index >= 15 is 0 Å². The average molecular weight is 228 g/mol. The zero-order chi connectivity index (χ0) is 12.7. The van der Waals surface area contributed by atoms with Gasteiger partial charge in [0.15, 0.2) is 0 Å². The van der Waals surface area contributed by atoms with Crippen molar-refractivity contribution < 1.29 is 0 Å². The summed E-state index contributed by atoms with van der Waals surface area (Å²) in [5.41, 5.74) is 4.92. The Morgan fingerprint density at radius 3 is 2.12 bits per heavy atom. The van der Waals surface area contributed by atoms with E-state index in [1.54, 1.807) is 0 Å². The molecular weight excluding hydrogens is 208 g/mol. The van der Waals surface area contributed by atoms with Crippen molar-refractivity contribution in [2.75, 3.05) is 0 Å². The van der Waals surface area contributed by atoms with Crippen molar-refractivity contribution in [1.82, 2.24) is 9.97 Å². The van der Waals surface area contributed by atoms with Gasteiger partial charge in [0.2, 0.25) is 0 Å². The van der Waals surface area contributed by atoms with Gasteiger partial charge < -0.3 is 0 Å². The molecule has 2 heterocycles. The molecule has 2 nitrogen and oxygen atoms in total. The minimum absolute atomic E-state index is 1.03. The highest BCUT2D eigenvalue weighted by molar-refractivity contribution is 5.25. The minimum Gasteiger partial charge on any atom is -0.261 e. The molecule has 2 aromatic rings. The summed E-state index contributed by atoms with van der Waals surface area (Å²) in [5, 5.41) is 0. The van der Waals surface area contributed by atoms with Crippen LogP contribution in [0.5, 0.6) is 0 Å². The lowest BCUT2D eigenvalue weighted by molar-refractivity contribution is 1.04. The number of aryl methyl sites for hydroxylation is 3. The highest BCUT2D eigenvalue weighted by Crippen LogP contribution is 2.06. The average Bonchev–Trinajstić information content (AvgIpc) is 2.37. The van der Waals surface area contributed by atoms with Crippen molar-refractivity contribution in [1.29, 1.82) is 0 Å². The Morgan fingerprint density at radius 1 is 0.941 bits per heavy atom. The van der Waals surface area contributed by atoms with Crippen molar-refractivity contribution >= 4 is 0 Å². The van der Waals surface area contributed by atoms with Crippen LogP contribution in [0.4, 0.5) is 0 Å². The van der Waals surface area contributed by atoms with Gasteiger partial charge in [-0.3, -0.25) is 9.97 Å². The van der Waals surface area contributed by atoms with Gasteiger partial charge in [0.25, 0.3) is 0 Å². The van der Waals surface area contributed by atoms with E-state index in [0.29, 0.717) is 0 Å². The second kappa shape index (κ2) is 6.79. The van der Waals surface area contributed by atoms with Crippen LogP contribution in [0.1, 0.15) is 29.4 Å². The monoisotopic (exact) mass is 228 g/mol. The SMILES string of the molecule is CCc1ccccn1.Cc1ccnc(C)c1C. The lowest BCUT2D eigenvalue weighted by Gasteiger charge is -1.99. The molecule has 0 aliphatic heterocycles. The van der Waals surface area contributed by atoms with Crippen LogP contribution >= 0.6 is 0 Å². The molecule has 2 aromatic heterocycles. The van der Waals surface area contributed by atoms with Gasteiger partial charge in [-0.2, -0.15) is 0 Å². The highest BCUT2D eigenvalue weighted by atomic mass is 14.7. The molecule has 0 saturated carbocycles. The Balaban J connectivity index is 0.000000171. The fraction of sp³-hybridized carbons (Fsp3) is 0.333. The zero-order valence-corrected chi connectivity index (χ0v) is 11.1. The van der Waals surface area contributed by atoms with E-state index in [0.717, 1.165) is 17.8 Å². The van der Waals surface area contributed by atoms with E-state index in [-0.39, 0.29) is 0 Å². The largest absolute Gasteiger partial charge is 0.261 e. The molecular formula is C15H20N2. The summed E-state index contributed by atoms with van der Waals surface area (Å²) in [6.07, 6.45) is 4.69. The Bertz CT molecular complexity index is 429. The van der Waals surface area contributed by atoms with Crippen molar-refractivity contribution in [2.45, 2.75) is 34.1 Å². The van der Waals surface area contributed by atoms with Gasteiger partial charge >= 0.3 is 0 Å². The smallest absolute Gasteiger partial charge is 0.0404 e. The second-order valence-corrected chi connectivity index (χ2v) is 4.01. The van der Waals surface area contributed by atoms with Gasteiger partial charge in [-0.15, -0.1) is 0 Å². The molecule has 0 aliphatic rings. The maximum absolute atomic E-state index is 4.14. The van der Waals surface area contributed by atoms with Gasteiger partial charge in [-0.05, 0) is 56.5 Å². The summed E-state index contributed by atoms with van der Waals surface area (Å²) in [5.74, 6) is 0. The summed E-state index contributed by atoms with van der Waals surface area (Å²) in [6, 6.07) is 7.99. The van der Waals surface area contributed by atoms with Gasteiger partial charge in [0.1, 0.15) is 0 Å². The van der Waals surface area contributed by atoms with Crippen LogP contribution in [0, 0.1) is 20.8 Å². The lowest BCUT2D eigenvalue weighted by atomic mass is 10.1. The van der Waals surface area contributed by atoms with E-state index in [4.69, 9.17) is 0 Å². The van der Waals surface area contributed by atoms with Crippen LogP contribution in [-0.4, -0.2) is 9.97 Å². The number of rotatable bonds is 1. The summed E-state index contributed by atoms with van der Waals surface area (Å²) >= 11 is 0. The molecule has 90 valence electrons. The zero-order valence-electron chi connectivity index (χ0n) is 11.1. The Hall–Kier alpha value is -1.70. The van der Waals surface area contributed by atoms with E-state index < -0.39 is 0 Å². The number of pyridine rings is 2.